The van der Waals surface area contributed by atoms with Crippen LogP contribution < -0.4 is 0 Å². The molecule has 1 atom stereocenters. The molecule has 0 aromatic heterocycles. The van der Waals surface area contributed by atoms with Crippen LogP contribution in [0.1, 0.15) is 31.7 Å². The Morgan fingerprint density at radius 3 is 2.64 bits per heavy atom. The highest BCUT2D eigenvalue weighted by Gasteiger charge is 2.17. The average Bonchev–Trinajstić information content (AvgIpc) is 2.53. The van der Waals surface area contributed by atoms with Crippen LogP contribution in [0.15, 0.2) is 48.7 Å². The molecule has 0 heterocycles. The number of rotatable bonds is 4. The lowest BCUT2D eigenvalue weighted by Gasteiger charge is -2.17. The number of allylic oxidation sites excluding steroid dienone is 1. The van der Waals surface area contributed by atoms with Crippen LogP contribution >= 0.6 is 0 Å². The monoisotopic (exact) mass is 302 g/mol. The van der Waals surface area contributed by atoms with Crippen molar-refractivity contribution in [2.24, 2.45) is 0 Å². The molecule has 0 N–H and O–H groups in total. The zero-order valence-electron chi connectivity index (χ0n) is 12.4. The fourth-order valence-corrected chi connectivity index (χ4v) is 2.01. The molecule has 0 spiro atoms. The molecule has 5 heteroatoms. The second-order valence-corrected chi connectivity index (χ2v) is 4.82. The molecular formula is C17H18O5. The quantitative estimate of drug-likeness (QED) is 0.481. The number of carbonyl (C=O) groups is 2. The lowest BCUT2D eigenvalue weighted by molar-refractivity contribution is -0.135. The van der Waals surface area contributed by atoms with Gasteiger partial charge in [0.1, 0.15) is 12.4 Å². The van der Waals surface area contributed by atoms with Crippen molar-refractivity contribution in [3.63, 3.8) is 0 Å². The number of esters is 1. The SMILES string of the molecule is CC(=O)O/C=C(/OC(=O)OC1C=CCCC1)c1ccccc1. The predicted molar refractivity (Wildman–Crippen MR) is 80.5 cm³/mol. The largest absolute Gasteiger partial charge is 0.514 e. The summed E-state index contributed by atoms with van der Waals surface area (Å²) in [4.78, 5) is 22.8. The van der Waals surface area contributed by atoms with E-state index in [0.717, 1.165) is 25.5 Å². The number of benzene rings is 1. The first-order valence-electron chi connectivity index (χ1n) is 7.13. The van der Waals surface area contributed by atoms with Crippen molar-refractivity contribution in [2.75, 3.05) is 0 Å². The van der Waals surface area contributed by atoms with Crippen molar-refractivity contribution in [3.05, 3.63) is 54.3 Å². The highest BCUT2D eigenvalue weighted by atomic mass is 16.7. The van der Waals surface area contributed by atoms with Gasteiger partial charge in [-0.2, -0.15) is 0 Å². The van der Waals surface area contributed by atoms with Crippen molar-refractivity contribution in [1.82, 2.24) is 0 Å². The Morgan fingerprint density at radius 1 is 1.23 bits per heavy atom. The van der Waals surface area contributed by atoms with Gasteiger partial charge in [-0.05, 0) is 25.3 Å². The molecule has 0 saturated carbocycles. The molecule has 1 aromatic carbocycles. The Kier molecular flexibility index (Phi) is 5.77. The van der Waals surface area contributed by atoms with E-state index >= 15 is 0 Å². The van der Waals surface area contributed by atoms with Gasteiger partial charge in [0.15, 0.2) is 5.76 Å². The third kappa shape index (κ3) is 5.09. The Hall–Kier alpha value is -2.56. The molecule has 116 valence electrons. The normalized spacial score (nSPS) is 17.7. The molecule has 0 aliphatic heterocycles. The van der Waals surface area contributed by atoms with Crippen LogP contribution in [0, 0.1) is 0 Å². The van der Waals surface area contributed by atoms with Crippen molar-refractivity contribution in [3.8, 4) is 0 Å². The zero-order valence-corrected chi connectivity index (χ0v) is 12.4. The molecule has 0 saturated heterocycles. The maximum Gasteiger partial charge on any atom is 0.514 e. The molecule has 0 amide bonds. The molecule has 0 bridgehead atoms. The van der Waals surface area contributed by atoms with Crippen molar-refractivity contribution in [2.45, 2.75) is 32.3 Å². The van der Waals surface area contributed by atoms with Gasteiger partial charge in [-0.1, -0.05) is 36.4 Å². The molecule has 1 aromatic rings. The van der Waals surface area contributed by atoms with Gasteiger partial charge in [0.05, 0.1) is 0 Å². The summed E-state index contributed by atoms with van der Waals surface area (Å²) in [5, 5.41) is 0. The molecule has 22 heavy (non-hydrogen) atoms. The van der Waals surface area contributed by atoms with E-state index in [1.54, 1.807) is 24.3 Å². The van der Waals surface area contributed by atoms with Crippen LogP contribution in [0.3, 0.4) is 0 Å². The minimum absolute atomic E-state index is 0.126. The smallest absolute Gasteiger partial charge is 0.431 e. The lowest BCUT2D eigenvalue weighted by atomic mass is 10.1. The van der Waals surface area contributed by atoms with Crippen LogP contribution in [-0.4, -0.2) is 18.2 Å². The number of hydrogen-bond donors (Lipinski definition) is 0. The third-order valence-electron chi connectivity index (χ3n) is 3.04. The fourth-order valence-electron chi connectivity index (χ4n) is 2.01. The summed E-state index contributed by atoms with van der Waals surface area (Å²) in [7, 11) is 0. The first-order chi connectivity index (χ1) is 10.6. The summed E-state index contributed by atoms with van der Waals surface area (Å²) in [5.41, 5.74) is 0.611. The number of carbonyl (C=O) groups excluding carboxylic acids is 2. The standard InChI is InChI=1S/C17H18O5/c1-13(18)20-12-16(14-8-4-2-5-9-14)22-17(19)21-15-10-6-3-7-11-15/h2,4-6,8-10,12,15H,3,7,11H2,1H3/b16-12+. The lowest BCUT2D eigenvalue weighted by Crippen LogP contribution is -2.18. The fraction of sp³-hybridized carbons (Fsp3) is 0.294. The number of ether oxygens (including phenoxy) is 3. The topological polar surface area (TPSA) is 61.8 Å². The predicted octanol–water partition coefficient (Wildman–Crippen LogP) is 3.81. The van der Waals surface area contributed by atoms with Crippen molar-refractivity contribution >= 4 is 17.9 Å². The maximum atomic E-state index is 11.9. The highest BCUT2D eigenvalue weighted by molar-refractivity contribution is 5.74. The van der Waals surface area contributed by atoms with E-state index in [1.165, 1.54) is 6.92 Å². The van der Waals surface area contributed by atoms with Gasteiger partial charge < -0.3 is 14.2 Å². The van der Waals surface area contributed by atoms with E-state index in [2.05, 4.69) is 0 Å². The van der Waals surface area contributed by atoms with Crippen molar-refractivity contribution in [1.29, 1.82) is 0 Å². The first kappa shape index (κ1) is 15.8. The first-order valence-corrected chi connectivity index (χ1v) is 7.13. The second kappa shape index (κ2) is 8.02. The van der Waals surface area contributed by atoms with E-state index in [1.807, 2.05) is 18.2 Å². The Balaban J connectivity index is 2.04. The molecular weight excluding hydrogens is 284 g/mol. The summed E-state index contributed by atoms with van der Waals surface area (Å²) in [5.74, 6) is -0.374. The number of hydrogen-bond acceptors (Lipinski definition) is 5. The van der Waals surface area contributed by atoms with E-state index in [-0.39, 0.29) is 11.9 Å². The summed E-state index contributed by atoms with van der Waals surface area (Å²) in [6.07, 6.45) is 6.60. The molecule has 1 aliphatic carbocycles. The highest BCUT2D eigenvalue weighted by Crippen LogP contribution is 2.19. The zero-order chi connectivity index (χ0) is 15.8. The third-order valence-corrected chi connectivity index (χ3v) is 3.04. The molecule has 5 nitrogen and oxygen atoms in total. The molecule has 1 aliphatic rings. The Labute approximate surface area is 129 Å². The van der Waals surface area contributed by atoms with Gasteiger partial charge in [0.2, 0.25) is 0 Å². The van der Waals surface area contributed by atoms with Crippen LogP contribution in [0.2, 0.25) is 0 Å². The Morgan fingerprint density at radius 2 is 2.00 bits per heavy atom. The minimum Gasteiger partial charge on any atom is -0.431 e. The van der Waals surface area contributed by atoms with Crippen LogP contribution in [0.5, 0.6) is 0 Å². The minimum atomic E-state index is -0.821. The van der Waals surface area contributed by atoms with Gasteiger partial charge >= 0.3 is 12.1 Å². The van der Waals surface area contributed by atoms with E-state index in [9.17, 15) is 9.59 Å². The van der Waals surface area contributed by atoms with E-state index in [4.69, 9.17) is 14.2 Å². The summed E-state index contributed by atoms with van der Waals surface area (Å²) in [6, 6.07) is 8.88. The van der Waals surface area contributed by atoms with Gasteiger partial charge in [-0.15, -0.1) is 0 Å². The second-order valence-electron chi connectivity index (χ2n) is 4.82. The molecule has 0 radical (unpaired) electrons. The Bertz CT molecular complexity index is 574. The molecule has 0 fully saturated rings. The van der Waals surface area contributed by atoms with E-state index in [0.29, 0.717) is 5.56 Å². The summed E-state index contributed by atoms with van der Waals surface area (Å²) < 4.78 is 15.2. The maximum absolute atomic E-state index is 11.9. The van der Waals surface area contributed by atoms with Crippen LogP contribution in [-0.2, 0) is 19.0 Å². The summed E-state index contributed by atoms with van der Waals surface area (Å²) in [6.45, 7) is 1.27. The average molecular weight is 302 g/mol. The molecule has 2 rings (SSSR count). The van der Waals surface area contributed by atoms with Gasteiger partial charge in [-0.3, -0.25) is 4.79 Å². The van der Waals surface area contributed by atoms with Gasteiger partial charge in [-0.25, -0.2) is 4.79 Å². The summed E-state index contributed by atoms with van der Waals surface area (Å²) >= 11 is 0. The van der Waals surface area contributed by atoms with Gasteiger partial charge in [0.25, 0.3) is 0 Å². The van der Waals surface area contributed by atoms with Crippen LogP contribution in [0.4, 0.5) is 4.79 Å². The van der Waals surface area contributed by atoms with Crippen molar-refractivity contribution < 1.29 is 23.8 Å². The molecule has 1 unspecified atom stereocenters. The van der Waals surface area contributed by atoms with Crippen LogP contribution in [0.25, 0.3) is 5.76 Å². The van der Waals surface area contributed by atoms with Gasteiger partial charge in [0, 0.05) is 12.5 Å². The van der Waals surface area contributed by atoms with E-state index < -0.39 is 12.1 Å².